The molecule has 5 nitrogen and oxygen atoms in total. The number of nitrogens with one attached hydrogen (secondary N) is 1. The Hall–Kier alpha value is -2.79. The first-order valence-electron chi connectivity index (χ1n) is 10.4. The maximum Gasteiger partial charge on any atom is 0.290 e. The number of para-hydroxylation sites is 2. The van der Waals surface area contributed by atoms with Gasteiger partial charge in [0.2, 0.25) is 0 Å². The predicted molar refractivity (Wildman–Crippen MR) is 112 cm³/mol. The van der Waals surface area contributed by atoms with Gasteiger partial charge in [0.05, 0.1) is 6.54 Å². The summed E-state index contributed by atoms with van der Waals surface area (Å²) >= 11 is 0. The molecular formula is C24H26N2O3. The van der Waals surface area contributed by atoms with Crippen LogP contribution in [-0.4, -0.2) is 36.0 Å². The van der Waals surface area contributed by atoms with Crippen LogP contribution < -0.4 is 10.1 Å². The van der Waals surface area contributed by atoms with Gasteiger partial charge >= 0.3 is 0 Å². The van der Waals surface area contributed by atoms with Crippen LogP contribution in [0.15, 0.2) is 59.0 Å². The summed E-state index contributed by atoms with van der Waals surface area (Å²) in [6.07, 6.45) is 3.95. The molecular weight excluding hydrogens is 364 g/mol. The van der Waals surface area contributed by atoms with Crippen molar-refractivity contribution in [1.82, 2.24) is 10.2 Å². The molecule has 5 rings (SSSR count). The van der Waals surface area contributed by atoms with E-state index in [1.807, 2.05) is 66.5 Å². The second kappa shape index (κ2) is 7.23. The van der Waals surface area contributed by atoms with E-state index in [-0.39, 0.29) is 11.5 Å². The highest BCUT2D eigenvalue weighted by atomic mass is 16.5. The van der Waals surface area contributed by atoms with Crippen LogP contribution >= 0.6 is 0 Å². The molecule has 1 aliphatic carbocycles. The summed E-state index contributed by atoms with van der Waals surface area (Å²) in [5, 5.41) is 4.33. The van der Waals surface area contributed by atoms with Crippen molar-refractivity contribution < 1.29 is 13.9 Å². The van der Waals surface area contributed by atoms with Crippen LogP contribution in [0.4, 0.5) is 0 Å². The van der Waals surface area contributed by atoms with Crippen molar-refractivity contribution in [1.29, 1.82) is 0 Å². The Kier molecular flexibility index (Phi) is 4.55. The highest BCUT2D eigenvalue weighted by molar-refractivity contribution is 5.96. The van der Waals surface area contributed by atoms with Gasteiger partial charge in [-0.1, -0.05) is 36.4 Å². The van der Waals surface area contributed by atoms with Gasteiger partial charge in [0.1, 0.15) is 16.9 Å². The molecule has 0 radical (unpaired) electrons. The van der Waals surface area contributed by atoms with Gasteiger partial charge in [0.25, 0.3) is 5.91 Å². The number of carbonyl (C=O) groups is 1. The fourth-order valence-corrected chi connectivity index (χ4v) is 4.69. The largest absolute Gasteiger partial charge is 0.485 e. The lowest BCUT2D eigenvalue weighted by molar-refractivity contribution is -0.000288. The summed E-state index contributed by atoms with van der Waals surface area (Å²) in [5.74, 6) is 1.22. The number of rotatable bonds is 2. The van der Waals surface area contributed by atoms with E-state index < -0.39 is 0 Å². The lowest BCUT2D eigenvalue weighted by Crippen LogP contribution is -2.51. The minimum absolute atomic E-state index is 0.0726. The van der Waals surface area contributed by atoms with Crippen molar-refractivity contribution in [2.24, 2.45) is 0 Å². The molecule has 0 saturated heterocycles. The Labute approximate surface area is 170 Å². The third-order valence-electron chi connectivity index (χ3n) is 6.37. The average molecular weight is 390 g/mol. The van der Waals surface area contributed by atoms with Gasteiger partial charge in [-0.05, 0) is 50.9 Å². The summed E-state index contributed by atoms with van der Waals surface area (Å²) in [5.41, 5.74) is 1.44. The van der Waals surface area contributed by atoms with E-state index in [1.54, 1.807) is 0 Å². The quantitative estimate of drug-likeness (QED) is 0.706. The molecule has 0 atom stereocenters. The van der Waals surface area contributed by atoms with Crippen molar-refractivity contribution in [3.63, 3.8) is 0 Å². The normalized spacial score (nSPS) is 24.2. The predicted octanol–water partition coefficient (Wildman–Crippen LogP) is 4.37. The maximum atomic E-state index is 13.4. The van der Waals surface area contributed by atoms with Gasteiger partial charge in [-0.3, -0.25) is 4.79 Å². The molecule has 1 amide bonds. The summed E-state index contributed by atoms with van der Waals surface area (Å²) in [4.78, 5) is 15.3. The number of nitrogens with zero attached hydrogens (tertiary/aromatic N) is 1. The fourth-order valence-electron chi connectivity index (χ4n) is 4.69. The summed E-state index contributed by atoms with van der Waals surface area (Å²) in [7, 11) is 2.02. The lowest BCUT2D eigenvalue weighted by Gasteiger charge is -2.41. The van der Waals surface area contributed by atoms with Gasteiger partial charge < -0.3 is 19.4 Å². The highest BCUT2D eigenvalue weighted by Gasteiger charge is 2.42. The Morgan fingerprint density at radius 1 is 1.10 bits per heavy atom. The molecule has 29 heavy (non-hydrogen) atoms. The van der Waals surface area contributed by atoms with Gasteiger partial charge in [0.15, 0.2) is 5.76 Å². The zero-order valence-electron chi connectivity index (χ0n) is 16.7. The average Bonchev–Trinajstić information content (AvgIpc) is 3.12. The first-order chi connectivity index (χ1) is 14.2. The van der Waals surface area contributed by atoms with E-state index >= 15 is 0 Å². The number of ether oxygens (including phenoxy) is 1. The van der Waals surface area contributed by atoms with Gasteiger partial charge in [0, 0.05) is 23.5 Å². The third kappa shape index (κ3) is 3.40. The van der Waals surface area contributed by atoms with E-state index in [0.717, 1.165) is 48.0 Å². The number of amides is 1. The van der Waals surface area contributed by atoms with Gasteiger partial charge in [-0.15, -0.1) is 0 Å². The van der Waals surface area contributed by atoms with Crippen LogP contribution in [0.3, 0.4) is 0 Å². The molecule has 1 spiro atoms. The van der Waals surface area contributed by atoms with Crippen molar-refractivity contribution in [2.75, 3.05) is 13.6 Å². The molecule has 3 aromatic rings. The number of benzene rings is 2. The molecule has 5 heteroatoms. The van der Waals surface area contributed by atoms with Crippen LogP contribution in [0.5, 0.6) is 5.75 Å². The van der Waals surface area contributed by atoms with E-state index in [0.29, 0.717) is 24.9 Å². The lowest BCUT2D eigenvalue weighted by atomic mass is 9.81. The number of carbonyl (C=O) groups excluding carboxylic acids is 1. The van der Waals surface area contributed by atoms with Crippen LogP contribution in [0.2, 0.25) is 0 Å². The Bertz CT molecular complexity index is 1000. The standard InChI is InChI=1S/C24H26N2O3/c1-25-19-10-12-24(13-11-19)16-26(15-18-7-3-5-9-21(18)29-24)23(27)22-14-17-6-2-4-8-20(17)28-22/h2-9,14,19,25H,10-13,15-16H2,1H3. The Morgan fingerprint density at radius 2 is 1.86 bits per heavy atom. The maximum absolute atomic E-state index is 13.4. The smallest absolute Gasteiger partial charge is 0.290 e. The molecule has 1 aliphatic heterocycles. The molecule has 1 aromatic heterocycles. The molecule has 1 saturated carbocycles. The number of furan rings is 1. The Morgan fingerprint density at radius 3 is 2.66 bits per heavy atom. The molecule has 0 bridgehead atoms. The number of hydrogen-bond donors (Lipinski definition) is 1. The van der Waals surface area contributed by atoms with Gasteiger partial charge in [-0.25, -0.2) is 0 Å². The van der Waals surface area contributed by atoms with E-state index in [1.165, 1.54) is 0 Å². The van der Waals surface area contributed by atoms with Crippen molar-refractivity contribution in [2.45, 2.75) is 43.9 Å². The molecule has 2 aromatic carbocycles. The monoisotopic (exact) mass is 390 g/mol. The second-order valence-corrected chi connectivity index (χ2v) is 8.27. The minimum Gasteiger partial charge on any atom is -0.485 e. The molecule has 2 aliphatic rings. The minimum atomic E-state index is -0.346. The first kappa shape index (κ1) is 18.3. The van der Waals surface area contributed by atoms with Crippen LogP contribution in [0.1, 0.15) is 41.8 Å². The van der Waals surface area contributed by atoms with E-state index in [2.05, 4.69) is 5.32 Å². The van der Waals surface area contributed by atoms with Crippen molar-refractivity contribution in [3.8, 4) is 5.75 Å². The summed E-state index contributed by atoms with van der Waals surface area (Å²) in [6.45, 7) is 1.11. The first-order valence-corrected chi connectivity index (χ1v) is 10.4. The highest BCUT2D eigenvalue weighted by Crippen LogP contribution is 2.38. The zero-order chi connectivity index (χ0) is 19.8. The van der Waals surface area contributed by atoms with Crippen LogP contribution in [-0.2, 0) is 6.54 Å². The fraction of sp³-hybridized carbons (Fsp3) is 0.375. The topological polar surface area (TPSA) is 54.7 Å². The van der Waals surface area contributed by atoms with Crippen molar-refractivity contribution in [3.05, 3.63) is 65.9 Å². The summed E-state index contributed by atoms with van der Waals surface area (Å²) in [6, 6.07) is 18.2. The molecule has 2 heterocycles. The molecule has 150 valence electrons. The van der Waals surface area contributed by atoms with Crippen LogP contribution in [0.25, 0.3) is 11.0 Å². The van der Waals surface area contributed by atoms with E-state index in [4.69, 9.17) is 9.15 Å². The third-order valence-corrected chi connectivity index (χ3v) is 6.37. The SMILES string of the molecule is CNC1CCC2(CC1)CN(C(=O)c1cc3ccccc3o1)Cc1ccccc1O2. The Balaban J connectivity index is 1.49. The number of fused-ring (bicyclic) bond motifs is 2. The van der Waals surface area contributed by atoms with Crippen LogP contribution in [0, 0.1) is 0 Å². The number of hydrogen-bond acceptors (Lipinski definition) is 4. The molecule has 1 fully saturated rings. The second-order valence-electron chi connectivity index (χ2n) is 8.27. The molecule has 1 N–H and O–H groups in total. The zero-order valence-corrected chi connectivity index (χ0v) is 16.7. The van der Waals surface area contributed by atoms with Crippen molar-refractivity contribution >= 4 is 16.9 Å². The van der Waals surface area contributed by atoms with E-state index in [9.17, 15) is 4.79 Å². The van der Waals surface area contributed by atoms with Gasteiger partial charge in [-0.2, -0.15) is 0 Å². The molecule has 0 unspecified atom stereocenters. The summed E-state index contributed by atoms with van der Waals surface area (Å²) < 4.78 is 12.5.